The Kier molecular flexibility index (Phi) is 4.27. The molecule has 5 heteroatoms. The Balaban J connectivity index is 1.30. The van der Waals surface area contributed by atoms with Crippen molar-refractivity contribution < 1.29 is 14.3 Å². The summed E-state index contributed by atoms with van der Waals surface area (Å²) in [7, 11) is 0. The minimum atomic E-state index is 0.295. The van der Waals surface area contributed by atoms with Crippen molar-refractivity contribution >= 4 is 5.91 Å². The highest BCUT2D eigenvalue weighted by Gasteiger charge is 2.40. The minimum absolute atomic E-state index is 0.295. The number of ether oxygens (including phenoxy) is 2. The number of piperidine rings is 2. The molecule has 140 valence electrons. The van der Waals surface area contributed by atoms with Gasteiger partial charge in [-0.1, -0.05) is 18.9 Å². The van der Waals surface area contributed by atoms with Crippen LogP contribution < -0.4 is 9.47 Å². The van der Waals surface area contributed by atoms with E-state index in [0.717, 1.165) is 42.5 Å². The molecule has 26 heavy (non-hydrogen) atoms. The van der Waals surface area contributed by atoms with Gasteiger partial charge >= 0.3 is 0 Å². The smallest absolute Gasteiger partial charge is 0.231 e. The summed E-state index contributed by atoms with van der Waals surface area (Å²) in [4.78, 5) is 17.6. The zero-order chi connectivity index (χ0) is 17.5. The van der Waals surface area contributed by atoms with Crippen LogP contribution in [0.4, 0.5) is 0 Å². The van der Waals surface area contributed by atoms with Gasteiger partial charge in [0.15, 0.2) is 11.5 Å². The number of benzene rings is 1. The molecule has 0 aromatic heterocycles. The SMILES string of the molecule is O=C1CC[C@@H]2CN(C3CCCC3)CC[C@@H]2N1Cc1ccc2c(c1)OCO2. The molecule has 3 aliphatic heterocycles. The highest BCUT2D eigenvalue weighted by Crippen LogP contribution is 2.37. The third-order valence-corrected chi connectivity index (χ3v) is 6.81. The van der Waals surface area contributed by atoms with Crippen LogP contribution in [-0.4, -0.2) is 47.7 Å². The van der Waals surface area contributed by atoms with Crippen LogP contribution in [0.1, 0.15) is 50.5 Å². The van der Waals surface area contributed by atoms with Crippen LogP contribution in [-0.2, 0) is 11.3 Å². The van der Waals surface area contributed by atoms with Gasteiger partial charge in [-0.3, -0.25) is 9.69 Å². The standard InChI is InChI=1S/C21H28N2O3/c24-21-8-6-16-13-22(17-3-1-2-4-17)10-9-18(16)23(21)12-15-5-7-19-20(11-15)26-14-25-19/h5,7,11,16-18H,1-4,6,8-10,12-14H2/t16-,18+/m1/s1. The quantitative estimate of drug-likeness (QED) is 0.834. The van der Waals surface area contributed by atoms with E-state index in [0.29, 0.717) is 37.6 Å². The van der Waals surface area contributed by atoms with Gasteiger partial charge in [0.2, 0.25) is 12.7 Å². The van der Waals surface area contributed by atoms with Crippen molar-refractivity contribution in [2.24, 2.45) is 5.92 Å². The molecule has 3 fully saturated rings. The number of carbonyl (C=O) groups is 1. The van der Waals surface area contributed by atoms with Crippen LogP contribution in [0.15, 0.2) is 18.2 Å². The van der Waals surface area contributed by atoms with Gasteiger partial charge in [0, 0.05) is 38.1 Å². The fourth-order valence-corrected chi connectivity index (χ4v) is 5.42. The van der Waals surface area contributed by atoms with Crippen molar-refractivity contribution in [1.29, 1.82) is 0 Å². The van der Waals surface area contributed by atoms with Gasteiger partial charge in [-0.2, -0.15) is 0 Å². The molecule has 4 aliphatic rings. The molecule has 0 unspecified atom stereocenters. The number of likely N-dealkylation sites (tertiary alicyclic amines) is 2. The average Bonchev–Trinajstić information content (AvgIpc) is 3.35. The van der Waals surface area contributed by atoms with Gasteiger partial charge < -0.3 is 14.4 Å². The van der Waals surface area contributed by atoms with E-state index < -0.39 is 0 Å². The second-order valence-corrected chi connectivity index (χ2v) is 8.30. The maximum Gasteiger partial charge on any atom is 0.231 e. The third-order valence-electron chi connectivity index (χ3n) is 6.81. The van der Waals surface area contributed by atoms with Crippen LogP contribution in [0.2, 0.25) is 0 Å². The Morgan fingerprint density at radius 3 is 2.77 bits per heavy atom. The molecule has 0 spiro atoms. The monoisotopic (exact) mass is 356 g/mol. The molecule has 0 N–H and O–H groups in total. The molecule has 2 saturated heterocycles. The first kappa shape index (κ1) is 16.4. The molecule has 1 saturated carbocycles. The summed E-state index contributed by atoms with van der Waals surface area (Å²) in [5, 5.41) is 0. The zero-order valence-electron chi connectivity index (χ0n) is 15.4. The van der Waals surface area contributed by atoms with Gasteiger partial charge in [0.25, 0.3) is 0 Å². The minimum Gasteiger partial charge on any atom is -0.454 e. The Morgan fingerprint density at radius 1 is 1.04 bits per heavy atom. The Morgan fingerprint density at radius 2 is 1.88 bits per heavy atom. The third kappa shape index (κ3) is 2.96. The molecule has 0 bridgehead atoms. The Bertz CT molecular complexity index is 686. The number of rotatable bonds is 3. The largest absolute Gasteiger partial charge is 0.454 e. The first-order chi connectivity index (χ1) is 12.8. The molecule has 3 heterocycles. The highest BCUT2D eigenvalue weighted by atomic mass is 16.7. The first-order valence-electron chi connectivity index (χ1n) is 10.2. The van der Waals surface area contributed by atoms with Crippen molar-refractivity contribution in [2.75, 3.05) is 19.9 Å². The van der Waals surface area contributed by atoms with Gasteiger partial charge in [-0.25, -0.2) is 0 Å². The number of amides is 1. The fourth-order valence-electron chi connectivity index (χ4n) is 5.42. The number of hydrogen-bond acceptors (Lipinski definition) is 4. The van der Waals surface area contributed by atoms with Crippen molar-refractivity contribution in [1.82, 2.24) is 9.80 Å². The number of hydrogen-bond donors (Lipinski definition) is 0. The maximum absolute atomic E-state index is 12.7. The van der Waals surface area contributed by atoms with E-state index in [1.165, 1.54) is 32.2 Å². The first-order valence-corrected chi connectivity index (χ1v) is 10.2. The van der Waals surface area contributed by atoms with Crippen LogP contribution in [0, 0.1) is 5.92 Å². The van der Waals surface area contributed by atoms with E-state index >= 15 is 0 Å². The second kappa shape index (κ2) is 6.76. The topological polar surface area (TPSA) is 42.0 Å². The van der Waals surface area contributed by atoms with Crippen molar-refractivity contribution in [3.8, 4) is 11.5 Å². The molecule has 1 amide bonds. The molecular formula is C21H28N2O3. The molecule has 5 nitrogen and oxygen atoms in total. The number of fused-ring (bicyclic) bond motifs is 2. The lowest BCUT2D eigenvalue weighted by Crippen LogP contribution is -2.56. The van der Waals surface area contributed by atoms with E-state index in [9.17, 15) is 4.79 Å². The molecule has 5 rings (SSSR count). The summed E-state index contributed by atoms with van der Waals surface area (Å²) in [5.41, 5.74) is 1.14. The summed E-state index contributed by atoms with van der Waals surface area (Å²) in [6.07, 6.45) is 8.41. The molecule has 0 radical (unpaired) electrons. The van der Waals surface area contributed by atoms with Gasteiger partial charge in [-0.15, -0.1) is 0 Å². The second-order valence-electron chi connectivity index (χ2n) is 8.30. The van der Waals surface area contributed by atoms with E-state index in [1.54, 1.807) is 0 Å². The predicted octanol–water partition coefficient (Wildman–Crippen LogP) is 3.17. The van der Waals surface area contributed by atoms with Crippen LogP contribution >= 0.6 is 0 Å². The summed E-state index contributed by atoms with van der Waals surface area (Å²) in [6, 6.07) is 7.27. The van der Waals surface area contributed by atoms with Gasteiger partial charge in [0.05, 0.1) is 0 Å². The summed E-state index contributed by atoms with van der Waals surface area (Å²) < 4.78 is 10.9. The lowest BCUT2D eigenvalue weighted by atomic mass is 9.82. The van der Waals surface area contributed by atoms with Crippen LogP contribution in [0.3, 0.4) is 0 Å². The lowest BCUT2D eigenvalue weighted by molar-refractivity contribution is -0.142. The van der Waals surface area contributed by atoms with Crippen LogP contribution in [0.5, 0.6) is 11.5 Å². The van der Waals surface area contributed by atoms with Crippen molar-refractivity contribution in [2.45, 2.75) is 63.6 Å². The number of nitrogens with zero attached hydrogens (tertiary/aromatic N) is 2. The van der Waals surface area contributed by atoms with E-state index in [2.05, 4.69) is 15.9 Å². The summed E-state index contributed by atoms with van der Waals surface area (Å²) >= 11 is 0. The molecular weight excluding hydrogens is 328 g/mol. The Labute approximate surface area is 155 Å². The molecule has 2 atom stereocenters. The molecule has 1 aliphatic carbocycles. The lowest BCUT2D eigenvalue weighted by Gasteiger charge is -2.48. The Hall–Kier alpha value is -1.75. The predicted molar refractivity (Wildman–Crippen MR) is 98.1 cm³/mol. The number of carbonyl (C=O) groups excluding carboxylic acids is 1. The normalized spacial score (nSPS) is 29.2. The fraction of sp³-hybridized carbons (Fsp3) is 0.667. The summed E-state index contributed by atoms with van der Waals surface area (Å²) in [6.45, 7) is 3.32. The zero-order valence-corrected chi connectivity index (χ0v) is 15.4. The van der Waals surface area contributed by atoms with E-state index in [-0.39, 0.29) is 0 Å². The maximum atomic E-state index is 12.7. The van der Waals surface area contributed by atoms with E-state index in [1.807, 2.05) is 12.1 Å². The highest BCUT2D eigenvalue weighted by molar-refractivity contribution is 5.77. The molecule has 1 aromatic carbocycles. The molecule has 1 aromatic rings. The average molecular weight is 356 g/mol. The van der Waals surface area contributed by atoms with E-state index in [4.69, 9.17) is 9.47 Å². The summed E-state index contributed by atoms with van der Waals surface area (Å²) in [5.74, 6) is 2.57. The van der Waals surface area contributed by atoms with Gasteiger partial charge in [-0.05, 0) is 49.3 Å². The van der Waals surface area contributed by atoms with Crippen molar-refractivity contribution in [3.05, 3.63) is 23.8 Å². The van der Waals surface area contributed by atoms with Crippen molar-refractivity contribution in [3.63, 3.8) is 0 Å². The van der Waals surface area contributed by atoms with Crippen LogP contribution in [0.25, 0.3) is 0 Å². The van der Waals surface area contributed by atoms with Gasteiger partial charge in [0.1, 0.15) is 0 Å².